The van der Waals surface area contributed by atoms with E-state index in [2.05, 4.69) is 5.32 Å². The molecule has 94 valence electrons. The highest BCUT2D eigenvalue weighted by molar-refractivity contribution is 6.18. The average molecular weight is 240 g/mol. The number of hydrogen-bond donors (Lipinski definition) is 1. The van der Waals surface area contributed by atoms with Crippen molar-refractivity contribution in [2.75, 3.05) is 13.2 Å². The highest BCUT2D eigenvalue weighted by Gasteiger charge is 2.49. The summed E-state index contributed by atoms with van der Waals surface area (Å²) in [6.07, 6.45) is 1.26. The second kappa shape index (κ2) is 4.10. The van der Waals surface area contributed by atoms with E-state index in [1.54, 1.807) is 0 Å². The first-order chi connectivity index (χ1) is 7.94. The Morgan fingerprint density at radius 1 is 1.24 bits per heavy atom. The van der Waals surface area contributed by atoms with Crippen molar-refractivity contribution in [2.24, 2.45) is 5.41 Å². The third kappa shape index (κ3) is 1.93. The fraction of sp³-hybridized carbons (Fsp3) is 0.727. The van der Waals surface area contributed by atoms with Gasteiger partial charge in [-0.2, -0.15) is 0 Å². The Balaban J connectivity index is 2.23. The Labute approximate surface area is 99.3 Å². The maximum Gasteiger partial charge on any atom is 0.331 e. The molecule has 1 N–H and O–H groups in total. The second-order valence-corrected chi connectivity index (χ2v) is 4.90. The number of carbonyl (C=O) groups excluding carboxylic acids is 3. The van der Waals surface area contributed by atoms with Gasteiger partial charge in [0.05, 0.1) is 0 Å². The van der Waals surface area contributed by atoms with E-state index in [4.69, 9.17) is 4.74 Å². The van der Waals surface area contributed by atoms with Gasteiger partial charge in [-0.05, 0) is 26.7 Å². The van der Waals surface area contributed by atoms with E-state index in [1.165, 1.54) is 18.7 Å². The SMILES string of the molecule is CC1(C)C(=O)NC(=O)N(C2CCOCC2)C1=O. The van der Waals surface area contributed by atoms with Crippen molar-refractivity contribution in [1.29, 1.82) is 0 Å². The summed E-state index contributed by atoms with van der Waals surface area (Å²) >= 11 is 0. The molecule has 17 heavy (non-hydrogen) atoms. The largest absolute Gasteiger partial charge is 0.381 e. The van der Waals surface area contributed by atoms with Crippen molar-refractivity contribution in [3.05, 3.63) is 0 Å². The van der Waals surface area contributed by atoms with Gasteiger partial charge < -0.3 is 4.74 Å². The van der Waals surface area contributed by atoms with Crippen molar-refractivity contribution < 1.29 is 19.1 Å². The number of ether oxygens (including phenoxy) is 1. The van der Waals surface area contributed by atoms with Crippen molar-refractivity contribution in [2.45, 2.75) is 32.7 Å². The molecular weight excluding hydrogens is 224 g/mol. The van der Waals surface area contributed by atoms with Crippen LogP contribution in [0.4, 0.5) is 4.79 Å². The van der Waals surface area contributed by atoms with E-state index in [9.17, 15) is 14.4 Å². The van der Waals surface area contributed by atoms with Crippen LogP contribution < -0.4 is 5.32 Å². The summed E-state index contributed by atoms with van der Waals surface area (Å²) < 4.78 is 5.20. The Morgan fingerprint density at radius 3 is 2.41 bits per heavy atom. The van der Waals surface area contributed by atoms with Crippen molar-refractivity contribution in [1.82, 2.24) is 10.2 Å². The molecule has 0 aromatic heterocycles. The van der Waals surface area contributed by atoms with Crippen LogP contribution in [0, 0.1) is 5.41 Å². The molecule has 0 aliphatic carbocycles. The number of nitrogens with zero attached hydrogens (tertiary/aromatic N) is 1. The number of carbonyl (C=O) groups is 3. The summed E-state index contributed by atoms with van der Waals surface area (Å²) in [6.45, 7) is 4.14. The Bertz CT molecular complexity index is 372. The summed E-state index contributed by atoms with van der Waals surface area (Å²) in [5.74, 6) is -0.950. The molecule has 2 fully saturated rings. The highest BCUT2D eigenvalue weighted by Crippen LogP contribution is 2.27. The molecule has 2 aliphatic heterocycles. The summed E-state index contributed by atoms with van der Waals surface area (Å²) in [4.78, 5) is 36.7. The highest BCUT2D eigenvalue weighted by atomic mass is 16.5. The van der Waals surface area contributed by atoms with Crippen LogP contribution in [-0.2, 0) is 14.3 Å². The Kier molecular flexibility index (Phi) is 2.91. The molecule has 0 radical (unpaired) electrons. The van der Waals surface area contributed by atoms with E-state index in [-0.39, 0.29) is 6.04 Å². The maximum atomic E-state index is 12.2. The lowest BCUT2D eigenvalue weighted by Crippen LogP contribution is -2.64. The van der Waals surface area contributed by atoms with Gasteiger partial charge in [0.15, 0.2) is 0 Å². The topological polar surface area (TPSA) is 75.7 Å². The quantitative estimate of drug-likeness (QED) is 0.667. The molecule has 0 aromatic rings. The van der Waals surface area contributed by atoms with Gasteiger partial charge in [-0.15, -0.1) is 0 Å². The summed E-state index contributed by atoms with van der Waals surface area (Å²) in [5.41, 5.74) is -1.17. The first-order valence-corrected chi connectivity index (χ1v) is 5.71. The fourth-order valence-corrected chi connectivity index (χ4v) is 2.08. The molecule has 2 saturated heterocycles. The van der Waals surface area contributed by atoms with Gasteiger partial charge in [0.25, 0.3) is 0 Å². The average Bonchev–Trinajstić information content (AvgIpc) is 2.28. The van der Waals surface area contributed by atoms with E-state index in [0.29, 0.717) is 26.1 Å². The summed E-state index contributed by atoms with van der Waals surface area (Å²) in [5, 5.41) is 2.23. The summed E-state index contributed by atoms with van der Waals surface area (Å²) in [6, 6.07) is -0.769. The van der Waals surface area contributed by atoms with Crippen LogP contribution in [0.2, 0.25) is 0 Å². The zero-order valence-electron chi connectivity index (χ0n) is 9.99. The number of rotatable bonds is 1. The van der Waals surface area contributed by atoms with E-state index >= 15 is 0 Å². The lowest BCUT2D eigenvalue weighted by Gasteiger charge is -2.40. The van der Waals surface area contributed by atoms with Gasteiger partial charge in [-0.3, -0.25) is 19.8 Å². The van der Waals surface area contributed by atoms with E-state index in [1.807, 2.05) is 0 Å². The number of barbiturate groups is 1. The molecule has 6 nitrogen and oxygen atoms in total. The number of nitrogens with one attached hydrogen (secondary N) is 1. The van der Waals surface area contributed by atoms with Crippen LogP contribution in [0.1, 0.15) is 26.7 Å². The zero-order valence-corrected chi connectivity index (χ0v) is 9.99. The molecule has 2 heterocycles. The smallest absolute Gasteiger partial charge is 0.331 e. The molecule has 0 bridgehead atoms. The lowest BCUT2D eigenvalue weighted by molar-refractivity contribution is -0.151. The van der Waals surface area contributed by atoms with Gasteiger partial charge in [0.1, 0.15) is 5.41 Å². The van der Waals surface area contributed by atoms with Crippen LogP contribution in [0.5, 0.6) is 0 Å². The molecule has 2 aliphatic rings. The lowest BCUT2D eigenvalue weighted by atomic mass is 9.87. The maximum absolute atomic E-state index is 12.2. The third-order valence-electron chi connectivity index (χ3n) is 3.32. The fourth-order valence-electron chi connectivity index (χ4n) is 2.08. The first kappa shape index (κ1) is 12.0. The predicted octanol–water partition coefficient (Wildman–Crippen LogP) is 0.270. The van der Waals surface area contributed by atoms with Gasteiger partial charge in [0.2, 0.25) is 11.8 Å². The normalized spacial score (nSPS) is 26.0. The standard InChI is InChI=1S/C11H16N2O4/c1-11(2)8(14)12-10(16)13(9(11)15)7-3-5-17-6-4-7/h7H,3-6H2,1-2H3,(H,12,14,16). The van der Waals surface area contributed by atoms with Crippen molar-refractivity contribution >= 4 is 17.8 Å². The molecule has 0 saturated carbocycles. The second-order valence-electron chi connectivity index (χ2n) is 4.90. The Hall–Kier alpha value is -1.43. The Morgan fingerprint density at radius 2 is 1.82 bits per heavy atom. The van der Waals surface area contributed by atoms with Crippen LogP contribution in [0.15, 0.2) is 0 Å². The molecule has 0 spiro atoms. The van der Waals surface area contributed by atoms with E-state index in [0.717, 1.165) is 0 Å². The van der Waals surface area contributed by atoms with Gasteiger partial charge in [0, 0.05) is 19.3 Å². The van der Waals surface area contributed by atoms with Crippen LogP contribution in [0.25, 0.3) is 0 Å². The van der Waals surface area contributed by atoms with Crippen molar-refractivity contribution in [3.8, 4) is 0 Å². The molecule has 6 heteroatoms. The predicted molar refractivity (Wildman–Crippen MR) is 58.0 cm³/mol. The van der Waals surface area contributed by atoms with E-state index < -0.39 is 23.3 Å². The third-order valence-corrected chi connectivity index (χ3v) is 3.32. The van der Waals surface area contributed by atoms with Gasteiger partial charge in [-0.1, -0.05) is 0 Å². The van der Waals surface area contributed by atoms with Crippen LogP contribution >= 0.6 is 0 Å². The van der Waals surface area contributed by atoms with Gasteiger partial charge in [-0.25, -0.2) is 4.79 Å². The molecule has 0 aromatic carbocycles. The van der Waals surface area contributed by atoms with Crippen LogP contribution in [-0.4, -0.2) is 42.0 Å². The minimum atomic E-state index is -1.17. The molecular formula is C11H16N2O4. The van der Waals surface area contributed by atoms with Gasteiger partial charge >= 0.3 is 6.03 Å². The number of hydrogen-bond acceptors (Lipinski definition) is 4. The molecule has 4 amide bonds. The molecule has 0 atom stereocenters. The number of amides is 4. The summed E-state index contributed by atoms with van der Waals surface area (Å²) in [7, 11) is 0. The molecule has 2 rings (SSSR count). The van der Waals surface area contributed by atoms with Crippen molar-refractivity contribution in [3.63, 3.8) is 0 Å². The minimum Gasteiger partial charge on any atom is -0.381 e. The minimum absolute atomic E-state index is 0.163. The molecule has 0 unspecified atom stereocenters. The monoisotopic (exact) mass is 240 g/mol. The number of urea groups is 1. The number of imide groups is 2. The van der Waals surface area contributed by atoms with Crippen LogP contribution in [0.3, 0.4) is 0 Å². The zero-order chi connectivity index (χ0) is 12.6. The first-order valence-electron chi connectivity index (χ1n) is 5.71.